The van der Waals surface area contributed by atoms with Crippen LogP contribution in [0.1, 0.15) is 83.2 Å². The summed E-state index contributed by atoms with van der Waals surface area (Å²) in [6, 6.07) is 21.3. The van der Waals surface area contributed by atoms with Gasteiger partial charge in [0, 0.05) is 87.3 Å². The van der Waals surface area contributed by atoms with Crippen LogP contribution in [-0.2, 0) is 33.0 Å². The number of carbonyl (C=O) groups is 2. The molecular weight excluding hydrogens is 853 g/mol. The summed E-state index contributed by atoms with van der Waals surface area (Å²) in [6.07, 6.45) is 6.58. The van der Waals surface area contributed by atoms with E-state index in [1.54, 1.807) is 6.07 Å². The van der Waals surface area contributed by atoms with Crippen molar-refractivity contribution in [2.45, 2.75) is 83.7 Å². The molecule has 12 rings (SSSR count). The zero-order valence-electron chi connectivity index (χ0n) is 38.0. The molecule has 7 heterocycles. The molecule has 5 N–H and O–H groups in total. The topological polar surface area (TPSA) is 148 Å². The molecule has 7 aromatic rings. The number of nitrogens with zero attached hydrogens (tertiary/aromatic N) is 8. The van der Waals surface area contributed by atoms with Crippen LogP contribution in [0.15, 0.2) is 66.7 Å². The van der Waals surface area contributed by atoms with Gasteiger partial charge in [-0.3, -0.25) is 9.59 Å². The Morgan fingerprint density at radius 3 is 2.06 bits per heavy atom. The summed E-state index contributed by atoms with van der Waals surface area (Å²) in [7, 11) is 4.13. The Kier molecular flexibility index (Phi) is 10.6. The highest BCUT2D eigenvalue weighted by Gasteiger charge is 2.36. The molecule has 2 fully saturated rings. The standard InChI is InChI=1S/C26H28FN5O.C25H29ClN6O/c1-15(28)13-31-8-7-17-9-23-21(12-20(17)26(31)33)29-25(30(23)2)24-10-18-5-6-19(27)11-22(18)32(24)14-16-3-4-16;1-14(27)12-31-8-7-16-9-20-19(11-18(16)25(31)33)28-24(30(20)2)21-10-17-5-6-22(26)29-23(17)32(21)13-15-3-4-15/h5-6,9-12,15-16H,3-4,7-8,13-14,28H2,1-2H3;5-6,9-11,14-15,24,28H,3-4,7-8,12-13,27H2,1-2H3. The first-order chi connectivity index (χ1) is 31.8. The molecule has 2 aliphatic carbocycles. The van der Waals surface area contributed by atoms with Crippen molar-refractivity contribution in [2.24, 2.45) is 30.4 Å². The van der Waals surface area contributed by atoms with Crippen molar-refractivity contribution >= 4 is 67.8 Å². The molecule has 3 aliphatic heterocycles. The van der Waals surface area contributed by atoms with Crippen molar-refractivity contribution < 1.29 is 14.0 Å². The van der Waals surface area contributed by atoms with Gasteiger partial charge in [0.15, 0.2) is 5.82 Å². The van der Waals surface area contributed by atoms with Crippen LogP contribution >= 0.6 is 11.6 Å². The van der Waals surface area contributed by atoms with Gasteiger partial charge in [0.1, 0.15) is 22.8 Å². The second-order valence-corrected chi connectivity index (χ2v) is 20.0. The van der Waals surface area contributed by atoms with E-state index >= 15 is 0 Å². The van der Waals surface area contributed by atoms with Crippen LogP contribution in [-0.4, -0.2) is 90.6 Å². The van der Waals surface area contributed by atoms with E-state index in [0.717, 1.165) is 111 Å². The number of nitrogens with two attached hydrogens (primary N) is 2. The number of nitrogens with one attached hydrogen (secondary N) is 1. The van der Waals surface area contributed by atoms with E-state index in [4.69, 9.17) is 28.1 Å². The number of carbonyl (C=O) groups excluding carboxylic acids is 2. The number of aryl methyl sites for hydroxylation is 1. The van der Waals surface area contributed by atoms with Gasteiger partial charge >= 0.3 is 0 Å². The van der Waals surface area contributed by atoms with E-state index in [1.807, 2.05) is 61.0 Å². The molecule has 0 radical (unpaired) electrons. The van der Waals surface area contributed by atoms with Gasteiger partial charge in [-0.1, -0.05) is 11.6 Å². The Balaban J connectivity index is 0.000000146. The zero-order valence-corrected chi connectivity index (χ0v) is 38.8. The molecule has 0 saturated heterocycles. The Labute approximate surface area is 388 Å². The van der Waals surface area contributed by atoms with Gasteiger partial charge in [-0.05, 0) is 142 Å². The number of anilines is 2. The summed E-state index contributed by atoms with van der Waals surface area (Å²) in [5.41, 5.74) is 23.5. The average molecular weight is 911 g/mol. The lowest BCUT2D eigenvalue weighted by atomic mass is 9.97. The monoisotopic (exact) mass is 909 g/mol. The van der Waals surface area contributed by atoms with Crippen molar-refractivity contribution in [3.8, 4) is 11.5 Å². The molecule has 0 bridgehead atoms. The van der Waals surface area contributed by atoms with Crippen LogP contribution in [0.4, 0.5) is 15.8 Å². The second kappa shape index (κ2) is 16.4. The van der Waals surface area contributed by atoms with Crippen LogP contribution in [0.5, 0.6) is 0 Å². The Bertz CT molecular complexity index is 3090. The lowest BCUT2D eigenvalue weighted by Crippen LogP contribution is -2.43. The summed E-state index contributed by atoms with van der Waals surface area (Å²) >= 11 is 6.25. The van der Waals surface area contributed by atoms with Gasteiger partial charge in [-0.15, -0.1) is 0 Å². The van der Waals surface area contributed by atoms with Crippen LogP contribution in [0.2, 0.25) is 5.15 Å². The SMILES string of the molecule is CC(N)CN1CCc2cc3c(cc2C1=O)NC(c1cc2ccc(Cl)nc2n1CC1CC1)N3C.CC(N)CN1CCc2cc3c(cc2C1=O)nc(-c1cc2ccc(F)cc2n1CC1CC1)n3C. The minimum absolute atomic E-state index is 0.0287. The predicted molar refractivity (Wildman–Crippen MR) is 260 cm³/mol. The molecule has 2 amide bonds. The third kappa shape index (κ3) is 7.76. The van der Waals surface area contributed by atoms with Gasteiger partial charge in [0.25, 0.3) is 11.8 Å². The zero-order chi connectivity index (χ0) is 45.7. The van der Waals surface area contributed by atoms with E-state index in [2.05, 4.69) is 60.2 Å². The normalized spacial score (nSPS) is 19.0. The first-order valence-corrected chi connectivity index (χ1v) is 23.9. The summed E-state index contributed by atoms with van der Waals surface area (Å²) < 4.78 is 20.7. The number of hydrogen-bond acceptors (Lipinski definition) is 8. The molecule has 15 heteroatoms. The van der Waals surface area contributed by atoms with Crippen LogP contribution in [0, 0.1) is 17.7 Å². The predicted octanol–water partition coefficient (Wildman–Crippen LogP) is 8.10. The molecule has 3 unspecified atom stereocenters. The van der Waals surface area contributed by atoms with Crippen molar-refractivity contribution in [1.29, 1.82) is 0 Å². The third-order valence-electron chi connectivity index (χ3n) is 14.1. The highest BCUT2D eigenvalue weighted by atomic mass is 35.5. The number of pyridine rings is 1. The number of amides is 2. The van der Waals surface area contributed by atoms with E-state index in [9.17, 15) is 14.0 Å². The summed E-state index contributed by atoms with van der Waals surface area (Å²) in [5, 5.41) is 6.32. The van der Waals surface area contributed by atoms with Gasteiger partial charge in [0.2, 0.25) is 0 Å². The van der Waals surface area contributed by atoms with Gasteiger partial charge in [0.05, 0.1) is 39.3 Å². The molecule has 13 nitrogen and oxygen atoms in total. The molecule has 3 atom stereocenters. The van der Waals surface area contributed by atoms with E-state index in [-0.39, 0.29) is 35.9 Å². The van der Waals surface area contributed by atoms with Gasteiger partial charge < -0.3 is 45.2 Å². The number of halogens is 2. The maximum absolute atomic E-state index is 14.1. The minimum Gasteiger partial charge on any atom is -0.359 e. The first-order valence-electron chi connectivity index (χ1n) is 23.5. The molecule has 342 valence electrons. The minimum atomic E-state index is -0.225. The Morgan fingerprint density at radius 2 is 1.39 bits per heavy atom. The maximum Gasteiger partial charge on any atom is 0.254 e. The fourth-order valence-corrected chi connectivity index (χ4v) is 10.5. The quantitative estimate of drug-likeness (QED) is 0.117. The van der Waals surface area contributed by atoms with Crippen molar-refractivity contribution in [2.75, 3.05) is 43.4 Å². The fourth-order valence-electron chi connectivity index (χ4n) is 10.4. The van der Waals surface area contributed by atoms with Crippen LogP contribution in [0.25, 0.3) is 44.5 Å². The fraction of sp³-hybridized carbons (Fsp3) is 0.412. The second-order valence-electron chi connectivity index (χ2n) is 19.6. The summed E-state index contributed by atoms with van der Waals surface area (Å²) in [6.45, 7) is 8.23. The number of hydrogen-bond donors (Lipinski definition) is 3. The van der Waals surface area contributed by atoms with E-state index in [0.29, 0.717) is 36.6 Å². The number of rotatable bonds is 10. The average Bonchev–Trinajstić information content (AvgIpc) is 4.18. The number of aromatic nitrogens is 5. The molecule has 4 aromatic heterocycles. The molecule has 2 saturated carbocycles. The van der Waals surface area contributed by atoms with Crippen molar-refractivity contribution in [1.82, 2.24) is 33.5 Å². The van der Waals surface area contributed by atoms with Crippen molar-refractivity contribution in [3.63, 3.8) is 0 Å². The largest absolute Gasteiger partial charge is 0.359 e. The lowest BCUT2D eigenvalue weighted by Gasteiger charge is -2.30. The first kappa shape index (κ1) is 42.7. The molecular formula is C51H57ClFN11O2. The highest BCUT2D eigenvalue weighted by molar-refractivity contribution is 6.29. The molecule has 66 heavy (non-hydrogen) atoms. The summed E-state index contributed by atoms with van der Waals surface area (Å²) in [5.74, 6) is 2.06. The third-order valence-corrected chi connectivity index (χ3v) is 14.3. The molecule has 3 aromatic carbocycles. The smallest absolute Gasteiger partial charge is 0.254 e. The number of benzene rings is 3. The van der Waals surface area contributed by atoms with Crippen molar-refractivity contribution in [3.05, 3.63) is 106 Å². The molecule has 5 aliphatic rings. The van der Waals surface area contributed by atoms with Gasteiger partial charge in [-0.25, -0.2) is 14.4 Å². The maximum atomic E-state index is 14.1. The molecule has 0 spiro atoms. The van der Waals surface area contributed by atoms with E-state index in [1.165, 1.54) is 37.4 Å². The van der Waals surface area contributed by atoms with Crippen LogP contribution < -0.4 is 21.7 Å². The number of imidazole rings is 1. The van der Waals surface area contributed by atoms with Gasteiger partial charge in [-0.2, -0.15) is 0 Å². The Morgan fingerprint density at radius 1 is 0.758 bits per heavy atom. The summed E-state index contributed by atoms with van der Waals surface area (Å²) in [4.78, 5) is 41.8. The highest BCUT2D eigenvalue weighted by Crippen LogP contribution is 2.45. The lowest BCUT2D eigenvalue weighted by molar-refractivity contribution is 0.0725. The van der Waals surface area contributed by atoms with E-state index < -0.39 is 0 Å². The van der Waals surface area contributed by atoms with Crippen LogP contribution in [0.3, 0.4) is 0 Å². The number of fused-ring (bicyclic) bond motifs is 6. The Hall–Kier alpha value is -5.96.